The summed E-state index contributed by atoms with van der Waals surface area (Å²) in [6.07, 6.45) is 0. The predicted molar refractivity (Wildman–Crippen MR) is 99.8 cm³/mol. The van der Waals surface area contributed by atoms with Crippen molar-refractivity contribution < 1.29 is 9.52 Å². The summed E-state index contributed by atoms with van der Waals surface area (Å²) in [6, 6.07) is 8.73. The van der Waals surface area contributed by atoms with Crippen molar-refractivity contribution in [2.24, 2.45) is 5.10 Å². The van der Waals surface area contributed by atoms with E-state index in [1.807, 2.05) is 17.5 Å². The Hall–Kier alpha value is -2.64. The van der Waals surface area contributed by atoms with Gasteiger partial charge in [-0.05, 0) is 26.0 Å². The van der Waals surface area contributed by atoms with Crippen molar-refractivity contribution in [3.8, 4) is 17.0 Å². The topological polar surface area (TPSA) is 87.7 Å². The van der Waals surface area contributed by atoms with Gasteiger partial charge >= 0.3 is 5.63 Å². The van der Waals surface area contributed by atoms with Crippen LogP contribution >= 0.6 is 22.9 Å². The van der Waals surface area contributed by atoms with Gasteiger partial charge in [0, 0.05) is 22.0 Å². The van der Waals surface area contributed by atoms with E-state index >= 15 is 0 Å². The number of nitrogens with zero attached hydrogens (tertiary/aromatic N) is 2. The SMILES string of the molecule is C/C(=N\Nc1nc(-c2ccc(Cl)cc2)cs1)c1c(O)cc(C)oc1=O. The molecule has 2 N–H and O–H groups in total. The molecule has 0 aliphatic rings. The van der Waals surface area contributed by atoms with E-state index in [2.05, 4.69) is 15.5 Å². The minimum atomic E-state index is -0.637. The fraction of sp³-hybridized carbons (Fsp3) is 0.118. The van der Waals surface area contributed by atoms with Crippen LogP contribution in [0.1, 0.15) is 18.2 Å². The van der Waals surface area contributed by atoms with Gasteiger partial charge in [-0.25, -0.2) is 9.78 Å². The highest BCUT2D eigenvalue weighted by Gasteiger charge is 2.13. The molecule has 0 spiro atoms. The molecule has 0 saturated carbocycles. The molecule has 0 saturated heterocycles. The molecule has 0 aliphatic heterocycles. The maximum atomic E-state index is 11.9. The zero-order valence-corrected chi connectivity index (χ0v) is 15.0. The molecule has 3 aromatic rings. The number of benzene rings is 1. The molecule has 0 aliphatic carbocycles. The van der Waals surface area contributed by atoms with E-state index in [-0.39, 0.29) is 11.3 Å². The molecule has 0 unspecified atom stereocenters. The third kappa shape index (κ3) is 3.89. The fourth-order valence-electron chi connectivity index (χ4n) is 2.19. The van der Waals surface area contributed by atoms with Crippen LogP contribution in [0.15, 0.2) is 50.0 Å². The average molecular weight is 376 g/mol. The van der Waals surface area contributed by atoms with Gasteiger partial charge in [-0.1, -0.05) is 23.7 Å². The van der Waals surface area contributed by atoms with Crippen LogP contribution in [0.4, 0.5) is 5.13 Å². The summed E-state index contributed by atoms with van der Waals surface area (Å²) in [5.41, 5.74) is 4.20. The summed E-state index contributed by atoms with van der Waals surface area (Å²) in [7, 11) is 0. The van der Waals surface area contributed by atoms with Crippen LogP contribution in [-0.4, -0.2) is 15.8 Å². The summed E-state index contributed by atoms with van der Waals surface area (Å²) < 4.78 is 4.99. The lowest BCUT2D eigenvalue weighted by atomic mass is 10.2. The Labute approximate surface area is 152 Å². The number of hydrogen-bond acceptors (Lipinski definition) is 7. The number of rotatable bonds is 4. The second kappa shape index (κ2) is 7.08. The van der Waals surface area contributed by atoms with Crippen molar-refractivity contribution in [3.05, 3.63) is 62.5 Å². The summed E-state index contributed by atoms with van der Waals surface area (Å²) in [4.78, 5) is 16.3. The van der Waals surface area contributed by atoms with Crippen molar-refractivity contribution in [3.63, 3.8) is 0 Å². The minimum absolute atomic E-state index is 0.0209. The number of hydrogen-bond donors (Lipinski definition) is 2. The van der Waals surface area contributed by atoms with E-state index in [4.69, 9.17) is 16.0 Å². The Morgan fingerprint density at radius 3 is 2.76 bits per heavy atom. The molecule has 3 rings (SSSR count). The minimum Gasteiger partial charge on any atom is -0.507 e. The maximum Gasteiger partial charge on any atom is 0.348 e. The highest BCUT2D eigenvalue weighted by molar-refractivity contribution is 7.14. The summed E-state index contributed by atoms with van der Waals surface area (Å²) >= 11 is 7.25. The first kappa shape index (κ1) is 17.2. The second-order valence-electron chi connectivity index (χ2n) is 5.26. The fourth-order valence-corrected chi connectivity index (χ4v) is 2.98. The van der Waals surface area contributed by atoms with Gasteiger partial charge in [0.25, 0.3) is 0 Å². The lowest BCUT2D eigenvalue weighted by Gasteiger charge is -2.03. The lowest BCUT2D eigenvalue weighted by molar-refractivity contribution is 0.432. The number of thiazole rings is 1. The van der Waals surface area contributed by atoms with E-state index in [0.29, 0.717) is 21.6 Å². The van der Waals surface area contributed by atoms with Crippen molar-refractivity contribution in [1.82, 2.24) is 4.98 Å². The maximum absolute atomic E-state index is 11.9. The quantitative estimate of drug-likeness (QED) is 0.525. The number of aromatic hydroxyl groups is 1. The van der Waals surface area contributed by atoms with Crippen LogP contribution in [-0.2, 0) is 0 Å². The molecule has 2 aromatic heterocycles. The molecule has 25 heavy (non-hydrogen) atoms. The summed E-state index contributed by atoms with van der Waals surface area (Å²) in [5.74, 6) is 0.164. The number of aromatic nitrogens is 1. The van der Waals surface area contributed by atoms with Crippen LogP contribution < -0.4 is 11.1 Å². The van der Waals surface area contributed by atoms with E-state index in [1.165, 1.54) is 17.4 Å². The Morgan fingerprint density at radius 1 is 1.36 bits per heavy atom. The van der Waals surface area contributed by atoms with Gasteiger partial charge in [-0.15, -0.1) is 11.3 Å². The number of aryl methyl sites for hydroxylation is 1. The first-order valence-corrected chi connectivity index (χ1v) is 8.55. The van der Waals surface area contributed by atoms with Gasteiger partial charge in [0.1, 0.15) is 17.1 Å². The van der Waals surface area contributed by atoms with Gasteiger partial charge in [-0.2, -0.15) is 5.10 Å². The predicted octanol–water partition coefficient (Wildman–Crippen LogP) is 4.27. The van der Waals surface area contributed by atoms with Gasteiger partial charge in [-0.3, -0.25) is 5.43 Å². The second-order valence-corrected chi connectivity index (χ2v) is 6.55. The summed E-state index contributed by atoms with van der Waals surface area (Å²) in [6.45, 7) is 3.19. The highest BCUT2D eigenvalue weighted by atomic mass is 35.5. The standard InChI is InChI=1S/C17H14ClN3O3S/c1-9-7-14(22)15(16(23)24-9)10(2)20-21-17-19-13(8-25-17)11-3-5-12(18)6-4-11/h3-8,22H,1-2H3,(H,19,21)/b20-10+. The highest BCUT2D eigenvalue weighted by Crippen LogP contribution is 2.26. The van der Waals surface area contributed by atoms with E-state index in [0.717, 1.165) is 11.3 Å². The molecular weight excluding hydrogens is 362 g/mol. The third-order valence-corrected chi connectivity index (χ3v) is 4.38. The van der Waals surface area contributed by atoms with Gasteiger partial charge in [0.2, 0.25) is 5.13 Å². The number of hydrazone groups is 1. The van der Waals surface area contributed by atoms with Crippen LogP contribution in [0.5, 0.6) is 5.75 Å². The summed E-state index contributed by atoms with van der Waals surface area (Å²) in [5, 5.41) is 17.1. The van der Waals surface area contributed by atoms with Crippen molar-refractivity contribution in [1.29, 1.82) is 0 Å². The van der Waals surface area contributed by atoms with Crippen molar-refractivity contribution in [2.45, 2.75) is 13.8 Å². The average Bonchev–Trinajstić information content (AvgIpc) is 3.01. The first-order chi connectivity index (χ1) is 11.9. The Kier molecular flexibility index (Phi) is 4.87. The first-order valence-electron chi connectivity index (χ1n) is 7.30. The normalized spacial score (nSPS) is 11.6. The number of halogens is 1. The van der Waals surface area contributed by atoms with E-state index in [9.17, 15) is 9.90 Å². The van der Waals surface area contributed by atoms with E-state index < -0.39 is 5.63 Å². The Balaban J connectivity index is 1.81. The molecule has 0 atom stereocenters. The number of nitrogens with one attached hydrogen (secondary N) is 1. The smallest absolute Gasteiger partial charge is 0.348 e. The molecule has 0 fully saturated rings. The monoisotopic (exact) mass is 375 g/mol. The number of anilines is 1. The Bertz CT molecular complexity index is 993. The van der Waals surface area contributed by atoms with Crippen molar-refractivity contribution in [2.75, 3.05) is 5.43 Å². The molecule has 2 heterocycles. The molecule has 0 radical (unpaired) electrons. The largest absolute Gasteiger partial charge is 0.507 e. The van der Waals surface area contributed by atoms with Gasteiger partial charge < -0.3 is 9.52 Å². The third-order valence-electron chi connectivity index (χ3n) is 3.38. The van der Waals surface area contributed by atoms with E-state index in [1.54, 1.807) is 26.0 Å². The molecule has 0 amide bonds. The van der Waals surface area contributed by atoms with Gasteiger partial charge in [0.05, 0.1) is 11.4 Å². The van der Waals surface area contributed by atoms with Crippen LogP contribution in [0.25, 0.3) is 11.3 Å². The molecule has 128 valence electrons. The molecule has 8 heteroatoms. The molecule has 0 bridgehead atoms. The molecule has 6 nitrogen and oxygen atoms in total. The van der Waals surface area contributed by atoms with Crippen molar-refractivity contribution >= 4 is 33.8 Å². The van der Waals surface area contributed by atoms with Crippen LogP contribution in [0.3, 0.4) is 0 Å². The lowest BCUT2D eigenvalue weighted by Crippen LogP contribution is -2.14. The van der Waals surface area contributed by atoms with Crippen LogP contribution in [0, 0.1) is 6.92 Å². The zero-order chi connectivity index (χ0) is 18.0. The zero-order valence-electron chi connectivity index (χ0n) is 13.4. The molecular formula is C17H14ClN3O3S. The van der Waals surface area contributed by atoms with Gasteiger partial charge in [0.15, 0.2) is 0 Å². The Morgan fingerprint density at radius 2 is 2.08 bits per heavy atom. The molecule has 1 aromatic carbocycles. The van der Waals surface area contributed by atoms with Crippen LogP contribution in [0.2, 0.25) is 5.02 Å².